The number of nitrogens with one attached hydrogen (secondary N) is 1. The van der Waals surface area contributed by atoms with Gasteiger partial charge in [-0.2, -0.15) is 4.98 Å². The molecular weight excluding hydrogens is 579 g/mol. The predicted octanol–water partition coefficient (Wildman–Crippen LogP) is 5.19. The number of alkyl carbamates (subject to hydrolysis) is 1. The standard InChI is InChI=1S/C30H38F3N7O4/c1-17(2)26-37-28(44-38-26)39-8-6-7-18(13-39)16-42-19-11-34-27(35-12-19)40-14-21(20-9-23(32)24(33)10-22(20)31)25(15-40)36-29(41)43-30(3,4)5/h9-12,17-18,21,25H,6-8,13-16H2,1-5H3,(H,36,41). The molecule has 14 heteroatoms. The van der Waals surface area contributed by atoms with E-state index in [4.69, 9.17) is 14.0 Å². The van der Waals surface area contributed by atoms with Gasteiger partial charge in [-0.15, -0.1) is 0 Å². The van der Waals surface area contributed by atoms with E-state index < -0.39 is 41.1 Å². The summed E-state index contributed by atoms with van der Waals surface area (Å²) in [7, 11) is 0. The average Bonchev–Trinajstić information content (AvgIpc) is 3.62. The summed E-state index contributed by atoms with van der Waals surface area (Å²) in [6, 6.07) is 1.18. The van der Waals surface area contributed by atoms with Crippen LogP contribution in [0.3, 0.4) is 0 Å². The minimum absolute atomic E-state index is 0.0603. The normalized spacial score (nSPS) is 20.7. The van der Waals surface area contributed by atoms with Crippen molar-refractivity contribution in [3.8, 4) is 5.75 Å². The molecule has 44 heavy (non-hydrogen) atoms. The number of hydrogen-bond acceptors (Lipinski definition) is 10. The van der Waals surface area contributed by atoms with Crippen LogP contribution in [0.5, 0.6) is 5.75 Å². The molecule has 11 nitrogen and oxygen atoms in total. The zero-order valence-corrected chi connectivity index (χ0v) is 25.5. The van der Waals surface area contributed by atoms with Gasteiger partial charge >= 0.3 is 12.1 Å². The van der Waals surface area contributed by atoms with Crippen molar-refractivity contribution in [1.29, 1.82) is 0 Å². The summed E-state index contributed by atoms with van der Waals surface area (Å²) in [6.45, 7) is 11.5. The van der Waals surface area contributed by atoms with E-state index in [0.717, 1.165) is 32.0 Å². The molecule has 3 unspecified atom stereocenters. The van der Waals surface area contributed by atoms with Crippen molar-refractivity contribution < 1.29 is 32.0 Å². The molecule has 1 aromatic carbocycles. The van der Waals surface area contributed by atoms with Crippen LogP contribution in [0.4, 0.5) is 29.9 Å². The summed E-state index contributed by atoms with van der Waals surface area (Å²) in [5.74, 6) is -2.18. The van der Waals surface area contributed by atoms with Crippen LogP contribution in [0.1, 0.15) is 70.7 Å². The maximum Gasteiger partial charge on any atom is 0.407 e. The van der Waals surface area contributed by atoms with Crippen LogP contribution in [0, 0.1) is 23.4 Å². The van der Waals surface area contributed by atoms with Gasteiger partial charge in [-0.1, -0.05) is 19.0 Å². The topological polar surface area (TPSA) is 119 Å². The Morgan fingerprint density at radius 2 is 1.80 bits per heavy atom. The van der Waals surface area contributed by atoms with Crippen LogP contribution in [0.15, 0.2) is 29.0 Å². The van der Waals surface area contributed by atoms with Crippen LogP contribution < -0.4 is 19.9 Å². The van der Waals surface area contributed by atoms with E-state index >= 15 is 0 Å². The number of halogens is 3. The number of carbonyl (C=O) groups excluding carboxylic acids is 1. The first-order valence-electron chi connectivity index (χ1n) is 14.8. The molecule has 3 aromatic rings. The third-order valence-electron chi connectivity index (χ3n) is 7.58. The van der Waals surface area contributed by atoms with Crippen LogP contribution in [0.25, 0.3) is 0 Å². The molecule has 1 N–H and O–H groups in total. The van der Waals surface area contributed by atoms with Crippen molar-refractivity contribution in [2.75, 3.05) is 42.6 Å². The fourth-order valence-electron chi connectivity index (χ4n) is 5.44. The van der Waals surface area contributed by atoms with Crippen LogP contribution in [-0.2, 0) is 4.74 Å². The number of anilines is 2. The van der Waals surface area contributed by atoms with Crippen molar-refractivity contribution in [1.82, 2.24) is 25.4 Å². The molecule has 0 saturated carbocycles. The zero-order valence-electron chi connectivity index (χ0n) is 25.5. The molecule has 3 atom stereocenters. The van der Waals surface area contributed by atoms with Crippen molar-refractivity contribution in [3.63, 3.8) is 0 Å². The second kappa shape index (κ2) is 12.9. The highest BCUT2D eigenvalue weighted by molar-refractivity contribution is 5.68. The highest BCUT2D eigenvalue weighted by Crippen LogP contribution is 2.33. The maximum absolute atomic E-state index is 14.8. The Morgan fingerprint density at radius 3 is 2.48 bits per heavy atom. The first-order chi connectivity index (χ1) is 20.9. The Morgan fingerprint density at radius 1 is 1.07 bits per heavy atom. The van der Waals surface area contributed by atoms with Gasteiger partial charge < -0.3 is 29.1 Å². The van der Waals surface area contributed by atoms with Gasteiger partial charge in [0.15, 0.2) is 23.2 Å². The second-order valence-corrected chi connectivity index (χ2v) is 12.6. The number of rotatable bonds is 8. The lowest BCUT2D eigenvalue weighted by atomic mass is 9.93. The number of hydrogen-bond donors (Lipinski definition) is 1. The van der Waals surface area contributed by atoms with E-state index in [1.165, 1.54) is 0 Å². The zero-order chi connectivity index (χ0) is 31.6. The molecule has 0 bridgehead atoms. The van der Waals surface area contributed by atoms with Gasteiger partial charge in [-0.3, -0.25) is 0 Å². The second-order valence-electron chi connectivity index (χ2n) is 12.6. The quantitative estimate of drug-likeness (QED) is 0.338. The van der Waals surface area contributed by atoms with E-state index in [-0.39, 0.29) is 30.5 Å². The minimum Gasteiger partial charge on any atom is -0.490 e. The van der Waals surface area contributed by atoms with E-state index in [1.807, 2.05) is 13.8 Å². The Hall–Kier alpha value is -4.10. The highest BCUT2D eigenvalue weighted by Gasteiger charge is 2.39. The van der Waals surface area contributed by atoms with E-state index in [2.05, 4.69) is 30.3 Å². The van der Waals surface area contributed by atoms with Crippen molar-refractivity contribution >= 4 is 18.1 Å². The summed E-state index contributed by atoms with van der Waals surface area (Å²) < 4.78 is 59.4. The molecule has 2 aromatic heterocycles. The summed E-state index contributed by atoms with van der Waals surface area (Å²) in [5.41, 5.74) is -0.820. The molecule has 238 valence electrons. The number of benzene rings is 1. The molecule has 1 amide bonds. The highest BCUT2D eigenvalue weighted by atomic mass is 19.2. The monoisotopic (exact) mass is 617 g/mol. The van der Waals surface area contributed by atoms with Gasteiger partial charge in [0.2, 0.25) is 5.95 Å². The number of nitrogens with zero attached hydrogens (tertiary/aromatic N) is 6. The molecule has 2 saturated heterocycles. The van der Waals surface area contributed by atoms with Crippen molar-refractivity contribution in [2.45, 2.75) is 70.9 Å². The largest absolute Gasteiger partial charge is 0.490 e. The van der Waals surface area contributed by atoms with Gasteiger partial charge in [-0.05, 0) is 45.2 Å². The summed E-state index contributed by atoms with van der Waals surface area (Å²) in [5, 5.41) is 6.81. The van der Waals surface area contributed by atoms with Gasteiger partial charge in [0.1, 0.15) is 11.4 Å². The fraction of sp³-hybridized carbons (Fsp3) is 0.567. The average molecular weight is 618 g/mol. The number of ether oxygens (including phenoxy) is 2. The Balaban J connectivity index is 1.23. The van der Waals surface area contributed by atoms with E-state index in [0.29, 0.717) is 36.2 Å². The van der Waals surface area contributed by atoms with Gasteiger partial charge in [0, 0.05) is 50.0 Å². The third kappa shape index (κ3) is 7.51. The Bertz CT molecular complexity index is 1450. The lowest BCUT2D eigenvalue weighted by Crippen LogP contribution is -2.43. The van der Waals surface area contributed by atoms with Crippen LogP contribution >= 0.6 is 0 Å². The SMILES string of the molecule is CC(C)c1noc(N2CCCC(COc3cnc(N4CC(NC(=O)OC(C)(C)C)C(c5cc(F)c(F)cc5F)C4)nc3)C2)n1. The first-order valence-corrected chi connectivity index (χ1v) is 14.8. The number of piperidine rings is 1. The summed E-state index contributed by atoms with van der Waals surface area (Å²) in [6.07, 6.45) is 4.36. The van der Waals surface area contributed by atoms with Crippen LogP contribution in [0.2, 0.25) is 0 Å². The maximum atomic E-state index is 14.8. The molecule has 0 radical (unpaired) electrons. The first kappa shape index (κ1) is 31.3. The molecule has 2 aliphatic rings. The lowest BCUT2D eigenvalue weighted by molar-refractivity contribution is 0.0504. The van der Waals surface area contributed by atoms with Crippen molar-refractivity contribution in [2.24, 2.45) is 5.92 Å². The smallest absolute Gasteiger partial charge is 0.407 e. The molecule has 2 fully saturated rings. The number of carbonyl (C=O) groups is 1. The molecule has 4 heterocycles. The van der Waals surface area contributed by atoms with Crippen LogP contribution in [-0.4, -0.2) is 70.6 Å². The Labute approximate surface area is 254 Å². The number of amides is 1. The molecule has 0 spiro atoms. The third-order valence-corrected chi connectivity index (χ3v) is 7.58. The van der Waals surface area contributed by atoms with Gasteiger partial charge in [0.05, 0.1) is 25.0 Å². The fourth-order valence-corrected chi connectivity index (χ4v) is 5.44. The summed E-state index contributed by atoms with van der Waals surface area (Å²) >= 11 is 0. The van der Waals surface area contributed by atoms with Gasteiger partial charge in [-0.25, -0.2) is 27.9 Å². The molecule has 2 aliphatic heterocycles. The van der Waals surface area contributed by atoms with Gasteiger partial charge in [0.25, 0.3) is 0 Å². The number of aromatic nitrogens is 4. The molecule has 0 aliphatic carbocycles. The molecular formula is C30H38F3N7O4. The predicted molar refractivity (Wildman–Crippen MR) is 155 cm³/mol. The minimum atomic E-state index is -1.28. The van der Waals surface area contributed by atoms with E-state index in [9.17, 15) is 18.0 Å². The molecule has 5 rings (SSSR count). The lowest BCUT2D eigenvalue weighted by Gasteiger charge is -2.31. The van der Waals surface area contributed by atoms with E-state index in [1.54, 1.807) is 38.1 Å². The summed E-state index contributed by atoms with van der Waals surface area (Å²) in [4.78, 5) is 29.8. The Kier molecular flexibility index (Phi) is 9.16. The van der Waals surface area contributed by atoms with Crippen molar-refractivity contribution in [3.05, 3.63) is 53.4 Å².